The number of carboxylic acids is 1. The Morgan fingerprint density at radius 3 is 2.06 bits per heavy atom. The second-order valence-corrected chi connectivity index (χ2v) is 13.9. The van der Waals surface area contributed by atoms with Gasteiger partial charge in [0.25, 0.3) is 0 Å². The van der Waals surface area contributed by atoms with Gasteiger partial charge in [-0.05, 0) is 36.8 Å². The Hall–Kier alpha value is -4.21. The van der Waals surface area contributed by atoms with Gasteiger partial charge in [0, 0.05) is 12.7 Å². The number of aliphatic carboxylic acids is 1. The molecule has 4 N–H and O–H groups in total. The standard InChI is InChI=1S/C29H33N3O14P2/c1-2-15-30-22-13-16-32(29(37)31-22)26-25(45-28(36)20-11-7-4-8-12-20)24(44-27(35)19-9-5-3-6-10-19)21(43-26)18-42-48(40,41)46-47(38,39)17-14-23(33)34/h3-13,16,21,24-26H,2,14-15,17-18H2,1H3,(H,33,34)(H,38,39)(H,40,41)(H,30,31,37)/t21-,24-,25?,26-/m1/s1. The van der Waals surface area contributed by atoms with Crippen LogP contribution in [0.2, 0.25) is 0 Å². The summed E-state index contributed by atoms with van der Waals surface area (Å²) in [6, 6.07) is 16.8. The predicted octanol–water partition coefficient (Wildman–Crippen LogP) is 3.21. The van der Waals surface area contributed by atoms with E-state index in [4.69, 9.17) is 23.8 Å². The van der Waals surface area contributed by atoms with E-state index in [1.54, 1.807) is 36.4 Å². The van der Waals surface area contributed by atoms with Gasteiger partial charge in [-0.1, -0.05) is 43.3 Å². The van der Waals surface area contributed by atoms with Crippen LogP contribution in [0.3, 0.4) is 0 Å². The third-order valence-corrected chi connectivity index (χ3v) is 9.80. The summed E-state index contributed by atoms with van der Waals surface area (Å²) >= 11 is 0. The van der Waals surface area contributed by atoms with Gasteiger partial charge in [-0.25, -0.2) is 23.3 Å². The van der Waals surface area contributed by atoms with E-state index >= 15 is 0 Å². The Labute approximate surface area is 273 Å². The van der Waals surface area contributed by atoms with Crippen LogP contribution in [0.15, 0.2) is 77.7 Å². The van der Waals surface area contributed by atoms with E-state index in [9.17, 15) is 38.1 Å². The van der Waals surface area contributed by atoms with Gasteiger partial charge >= 0.3 is 39.0 Å². The van der Waals surface area contributed by atoms with Crippen molar-refractivity contribution in [1.29, 1.82) is 0 Å². The molecule has 1 saturated heterocycles. The largest absolute Gasteiger partial charge is 0.481 e. The van der Waals surface area contributed by atoms with E-state index in [2.05, 4.69) is 14.6 Å². The lowest BCUT2D eigenvalue weighted by Gasteiger charge is -2.25. The molecule has 0 radical (unpaired) electrons. The van der Waals surface area contributed by atoms with Crippen molar-refractivity contribution in [2.24, 2.45) is 0 Å². The summed E-state index contributed by atoms with van der Waals surface area (Å²) in [6.45, 7) is 1.47. The molecular weight excluding hydrogens is 676 g/mol. The van der Waals surface area contributed by atoms with Crippen molar-refractivity contribution < 1.29 is 61.5 Å². The van der Waals surface area contributed by atoms with Crippen LogP contribution in [0.4, 0.5) is 5.82 Å². The highest BCUT2D eigenvalue weighted by atomic mass is 31.3. The summed E-state index contributed by atoms with van der Waals surface area (Å²) in [4.78, 5) is 74.5. The quantitative estimate of drug-likeness (QED) is 0.123. The van der Waals surface area contributed by atoms with Crippen LogP contribution in [0.5, 0.6) is 0 Å². The highest BCUT2D eigenvalue weighted by Gasteiger charge is 2.52. The van der Waals surface area contributed by atoms with Crippen LogP contribution >= 0.6 is 15.4 Å². The second-order valence-electron chi connectivity index (χ2n) is 10.3. The molecule has 0 aliphatic carbocycles. The van der Waals surface area contributed by atoms with Crippen LogP contribution in [0, 0.1) is 0 Å². The Bertz CT molecular complexity index is 1740. The van der Waals surface area contributed by atoms with Crippen molar-refractivity contribution in [2.45, 2.75) is 44.3 Å². The molecule has 2 heterocycles. The van der Waals surface area contributed by atoms with Crippen molar-refractivity contribution in [3.63, 3.8) is 0 Å². The molecule has 0 saturated carbocycles. The zero-order chi connectivity index (χ0) is 34.9. The molecule has 6 atom stereocenters. The van der Waals surface area contributed by atoms with Crippen molar-refractivity contribution in [1.82, 2.24) is 9.55 Å². The Kier molecular flexibility index (Phi) is 12.4. The molecule has 3 aromatic rings. The Balaban J connectivity index is 1.69. The average Bonchev–Trinajstić information content (AvgIpc) is 3.38. The van der Waals surface area contributed by atoms with Crippen molar-refractivity contribution >= 4 is 39.1 Å². The summed E-state index contributed by atoms with van der Waals surface area (Å²) in [5.74, 6) is -3.02. The summed E-state index contributed by atoms with van der Waals surface area (Å²) in [6.07, 6.45) is -6.06. The molecule has 3 unspecified atom stereocenters. The Morgan fingerprint density at radius 1 is 0.938 bits per heavy atom. The summed E-state index contributed by atoms with van der Waals surface area (Å²) in [7, 11) is -10.3. The number of rotatable bonds is 16. The number of nitrogens with zero attached hydrogens (tertiary/aromatic N) is 2. The first-order chi connectivity index (χ1) is 22.8. The molecule has 17 nitrogen and oxygen atoms in total. The molecule has 1 aromatic heterocycles. The molecule has 19 heteroatoms. The topological polar surface area (TPSA) is 239 Å². The SMILES string of the molecule is CCCNc1ccn([C@@H]2O[C@H](COP(=O)(O)OP(=O)(O)CCC(=O)O)[C@@H](OC(=O)c3ccccc3)C2OC(=O)c2ccccc2)c(=O)n1. The average molecular weight is 710 g/mol. The number of phosphoric ester groups is 1. The molecule has 0 spiro atoms. The maximum absolute atomic E-state index is 13.3. The van der Waals surface area contributed by atoms with Gasteiger partial charge < -0.3 is 34.4 Å². The van der Waals surface area contributed by atoms with E-state index in [0.717, 1.165) is 11.0 Å². The molecule has 258 valence electrons. The zero-order valence-corrected chi connectivity index (χ0v) is 27.2. The van der Waals surface area contributed by atoms with Crippen LogP contribution in [0.1, 0.15) is 46.7 Å². The van der Waals surface area contributed by atoms with Gasteiger partial charge in [-0.2, -0.15) is 4.98 Å². The molecule has 0 amide bonds. The fourth-order valence-corrected chi connectivity index (χ4v) is 7.07. The lowest BCUT2D eigenvalue weighted by molar-refractivity contribution is -0.136. The number of aromatic nitrogens is 2. The van der Waals surface area contributed by atoms with Gasteiger partial charge in [0.2, 0.25) is 0 Å². The molecule has 2 aromatic carbocycles. The number of hydrogen-bond donors (Lipinski definition) is 4. The third-order valence-electron chi connectivity index (χ3n) is 6.69. The van der Waals surface area contributed by atoms with Crippen LogP contribution in [-0.4, -0.2) is 80.0 Å². The van der Waals surface area contributed by atoms with Gasteiger partial charge in [0.1, 0.15) is 11.9 Å². The minimum Gasteiger partial charge on any atom is -0.481 e. The number of phosphoric acid groups is 1. The Morgan fingerprint density at radius 2 is 1.52 bits per heavy atom. The summed E-state index contributed by atoms with van der Waals surface area (Å²) in [5, 5.41) is 11.7. The fraction of sp³-hybridized carbons (Fsp3) is 0.345. The van der Waals surface area contributed by atoms with Gasteiger partial charge in [0.05, 0.1) is 30.3 Å². The number of carbonyl (C=O) groups is 3. The lowest BCUT2D eigenvalue weighted by atomic mass is 10.1. The first-order valence-electron chi connectivity index (χ1n) is 14.5. The minimum atomic E-state index is -5.38. The van der Waals surface area contributed by atoms with E-state index in [1.807, 2.05) is 6.92 Å². The summed E-state index contributed by atoms with van der Waals surface area (Å²) < 4.78 is 52.6. The fourth-order valence-electron chi connectivity index (χ4n) is 4.45. The van der Waals surface area contributed by atoms with E-state index in [0.29, 0.717) is 6.54 Å². The molecule has 1 aliphatic heterocycles. The summed E-state index contributed by atoms with van der Waals surface area (Å²) in [5.41, 5.74) is -0.677. The van der Waals surface area contributed by atoms with Crippen LogP contribution < -0.4 is 11.0 Å². The number of benzene rings is 2. The van der Waals surface area contributed by atoms with Gasteiger partial charge in [-0.15, -0.1) is 0 Å². The zero-order valence-electron chi connectivity index (χ0n) is 25.4. The monoisotopic (exact) mass is 709 g/mol. The number of ether oxygens (including phenoxy) is 3. The number of hydrogen-bond acceptors (Lipinski definition) is 13. The van der Waals surface area contributed by atoms with Gasteiger partial charge in [0.15, 0.2) is 18.4 Å². The normalized spacial score (nSPS) is 21.4. The maximum Gasteiger partial charge on any atom is 0.479 e. The predicted molar refractivity (Wildman–Crippen MR) is 166 cm³/mol. The number of carbonyl (C=O) groups excluding carboxylic acids is 2. The third kappa shape index (κ3) is 10.1. The molecule has 1 fully saturated rings. The molecule has 1 aliphatic rings. The van der Waals surface area contributed by atoms with Crippen molar-refractivity contribution in [2.75, 3.05) is 24.6 Å². The lowest BCUT2D eigenvalue weighted by Crippen LogP contribution is -2.42. The number of esters is 2. The minimum absolute atomic E-state index is 0.0785. The smallest absolute Gasteiger partial charge is 0.479 e. The number of carboxylic acid groups (broad SMARTS) is 1. The first-order valence-corrected chi connectivity index (χ1v) is 17.8. The van der Waals surface area contributed by atoms with E-state index in [-0.39, 0.29) is 16.9 Å². The van der Waals surface area contributed by atoms with Crippen molar-refractivity contribution in [3.8, 4) is 0 Å². The first kappa shape index (κ1) is 36.6. The number of anilines is 1. The number of nitrogens with one attached hydrogen (secondary N) is 1. The van der Waals surface area contributed by atoms with Crippen LogP contribution in [-0.2, 0) is 37.0 Å². The highest BCUT2D eigenvalue weighted by molar-refractivity contribution is 7.64. The molecule has 0 bridgehead atoms. The molecular formula is C29H33N3O14P2. The van der Waals surface area contributed by atoms with Crippen LogP contribution in [0.25, 0.3) is 0 Å². The van der Waals surface area contributed by atoms with Crippen molar-refractivity contribution in [3.05, 3.63) is 94.5 Å². The molecule has 4 rings (SSSR count). The second kappa shape index (κ2) is 16.3. The van der Waals surface area contributed by atoms with E-state index < -0.39 is 82.7 Å². The molecule has 48 heavy (non-hydrogen) atoms. The van der Waals surface area contributed by atoms with Gasteiger partial charge in [-0.3, -0.25) is 18.5 Å². The maximum atomic E-state index is 13.3. The van der Waals surface area contributed by atoms with E-state index in [1.165, 1.54) is 36.5 Å². The highest BCUT2D eigenvalue weighted by Crippen LogP contribution is 2.60.